The van der Waals surface area contributed by atoms with E-state index in [9.17, 15) is 0 Å². The normalized spacial score (nSPS) is 22.3. The second-order valence-electron chi connectivity index (χ2n) is 6.19. The van der Waals surface area contributed by atoms with E-state index in [0.717, 1.165) is 45.0 Å². The number of nitrogens with one attached hydrogen (secondary N) is 2. The van der Waals surface area contributed by atoms with E-state index >= 15 is 0 Å². The Morgan fingerprint density at radius 1 is 1.35 bits per heavy atom. The van der Waals surface area contributed by atoms with Gasteiger partial charge in [0.05, 0.1) is 0 Å². The molecule has 1 aliphatic heterocycles. The summed E-state index contributed by atoms with van der Waals surface area (Å²) < 4.78 is 5.07. The maximum absolute atomic E-state index is 5.07. The van der Waals surface area contributed by atoms with Gasteiger partial charge in [-0.3, -0.25) is 9.89 Å². The van der Waals surface area contributed by atoms with Crippen LogP contribution in [0.15, 0.2) is 35.3 Å². The van der Waals surface area contributed by atoms with Gasteiger partial charge in [-0.05, 0) is 25.3 Å². The van der Waals surface area contributed by atoms with Crippen molar-refractivity contribution in [2.45, 2.75) is 38.4 Å². The third-order valence-electron chi connectivity index (χ3n) is 4.31. The molecule has 2 rings (SSSR count). The molecule has 1 heterocycles. The van der Waals surface area contributed by atoms with Gasteiger partial charge in [-0.2, -0.15) is 0 Å². The van der Waals surface area contributed by atoms with E-state index in [1.54, 1.807) is 7.11 Å². The van der Waals surface area contributed by atoms with Crippen molar-refractivity contribution in [1.82, 2.24) is 15.5 Å². The Bertz CT molecular complexity index is 477. The van der Waals surface area contributed by atoms with Crippen molar-refractivity contribution in [3.05, 3.63) is 35.9 Å². The van der Waals surface area contributed by atoms with Gasteiger partial charge in [-0.25, -0.2) is 0 Å². The van der Waals surface area contributed by atoms with Gasteiger partial charge < -0.3 is 15.4 Å². The average Bonchev–Trinajstić information content (AvgIpc) is 2.91. The minimum Gasteiger partial charge on any atom is -0.385 e. The lowest BCUT2D eigenvalue weighted by molar-refractivity contribution is 0.195. The van der Waals surface area contributed by atoms with Gasteiger partial charge >= 0.3 is 0 Å². The number of benzene rings is 1. The molecule has 2 unspecified atom stereocenters. The summed E-state index contributed by atoms with van der Waals surface area (Å²) in [5.74, 6) is 0.889. The van der Waals surface area contributed by atoms with Gasteiger partial charge in [0.25, 0.3) is 0 Å². The van der Waals surface area contributed by atoms with Crippen LogP contribution in [0.1, 0.15) is 25.3 Å². The summed E-state index contributed by atoms with van der Waals surface area (Å²) in [4.78, 5) is 6.85. The summed E-state index contributed by atoms with van der Waals surface area (Å²) in [6, 6.07) is 11.7. The molecule has 23 heavy (non-hydrogen) atoms. The Morgan fingerprint density at radius 3 is 2.83 bits per heavy atom. The first kappa shape index (κ1) is 17.8. The fraction of sp³-hybridized carbons (Fsp3) is 0.611. The van der Waals surface area contributed by atoms with Crippen LogP contribution in [0.5, 0.6) is 0 Å². The molecule has 2 atom stereocenters. The zero-order valence-corrected chi connectivity index (χ0v) is 14.6. The summed E-state index contributed by atoms with van der Waals surface area (Å²) >= 11 is 0. The molecular weight excluding hydrogens is 288 g/mol. The van der Waals surface area contributed by atoms with Gasteiger partial charge in [0.2, 0.25) is 0 Å². The Kier molecular flexibility index (Phi) is 7.36. The Balaban J connectivity index is 1.78. The smallest absolute Gasteiger partial charge is 0.191 e. The van der Waals surface area contributed by atoms with E-state index in [2.05, 4.69) is 57.8 Å². The molecule has 0 aromatic heterocycles. The minimum absolute atomic E-state index is 0.447. The fourth-order valence-electron chi connectivity index (χ4n) is 3.05. The van der Waals surface area contributed by atoms with Gasteiger partial charge in [0.15, 0.2) is 5.96 Å². The third-order valence-corrected chi connectivity index (χ3v) is 4.31. The van der Waals surface area contributed by atoms with Crippen LogP contribution in [-0.4, -0.2) is 56.8 Å². The number of methoxy groups -OCH3 is 1. The van der Waals surface area contributed by atoms with Crippen LogP contribution in [0.2, 0.25) is 0 Å². The van der Waals surface area contributed by atoms with Gasteiger partial charge in [-0.15, -0.1) is 0 Å². The number of nitrogens with zero attached hydrogens (tertiary/aromatic N) is 2. The van der Waals surface area contributed by atoms with E-state index in [1.165, 1.54) is 5.56 Å². The summed E-state index contributed by atoms with van der Waals surface area (Å²) in [5, 5.41) is 6.90. The molecule has 5 heteroatoms. The molecule has 1 aliphatic rings. The van der Waals surface area contributed by atoms with E-state index in [4.69, 9.17) is 4.74 Å². The molecule has 1 aromatic carbocycles. The number of rotatable bonds is 7. The first-order valence-corrected chi connectivity index (χ1v) is 8.47. The topological polar surface area (TPSA) is 48.9 Å². The van der Waals surface area contributed by atoms with Crippen molar-refractivity contribution in [3.8, 4) is 0 Å². The van der Waals surface area contributed by atoms with Gasteiger partial charge in [0, 0.05) is 52.5 Å². The Hall–Kier alpha value is -1.59. The number of hydrogen-bond donors (Lipinski definition) is 2. The van der Waals surface area contributed by atoms with Crippen LogP contribution in [0.4, 0.5) is 0 Å². The Morgan fingerprint density at radius 2 is 2.13 bits per heavy atom. The van der Waals surface area contributed by atoms with Crippen molar-refractivity contribution in [1.29, 1.82) is 0 Å². The highest BCUT2D eigenvalue weighted by molar-refractivity contribution is 5.80. The predicted octanol–water partition coefficient (Wildman–Crippen LogP) is 1.85. The van der Waals surface area contributed by atoms with Crippen molar-refractivity contribution >= 4 is 5.96 Å². The molecule has 1 saturated heterocycles. The summed E-state index contributed by atoms with van der Waals surface area (Å²) in [6.45, 7) is 6.02. The molecule has 0 radical (unpaired) electrons. The quantitative estimate of drug-likeness (QED) is 0.458. The number of likely N-dealkylation sites (tertiary alicyclic amines) is 1. The van der Waals surface area contributed by atoms with Crippen LogP contribution in [-0.2, 0) is 11.3 Å². The van der Waals surface area contributed by atoms with Crippen LogP contribution < -0.4 is 10.6 Å². The van der Waals surface area contributed by atoms with Crippen LogP contribution >= 0.6 is 0 Å². The van der Waals surface area contributed by atoms with Crippen LogP contribution in [0, 0.1) is 0 Å². The standard InChI is InChI=1S/C18H30N4O/c1-15-12-17(21-18(19-2)20-10-7-11-23-3)14-22(15)13-16-8-5-4-6-9-16/h4-6,8-9,15,17H,7,10-14H2,1-3H3,(H2,19,20,21). The zero-order valence-electron chi connectivity index (χ0n) is 14.6. The molecule has 128 valence electrons. The summed E-state index contributed by atoms with van der Waals surface area (Å²) in [7, 11) is 3.56. The predicted molar refractivity (Wildman–Crippen MR) is 95.7 cm³/mol. The van der Waals surface area contributed by atoms with E-state index in [0.29, 0.717) is 12.1 Å². The van der Waals surface area contributed by atoms with Crippen molar-refractivity contribution in [2.75, 3.05) is 33.9 Å². The van der Waals surface area contributed by atoms with Crippen LogP contribution in [0.3, 0.4) is 0 Å². The van der Waals surface area contributed by atoms with E-state index < -0.39 is 0 Å². The van der Waals surface area contributed by atoms with E-state index in [1.807, 2.05) is 7.05 Å². The summed E-state index contributed by atoms with van der Waals surface area (Å²) in [6.07, 6.45) is 2.13. The molecule has 5 nitrogen and oxygen atoms in total. The SMILES string of the molecule is CN=C(NCCCOC)NC1CC(C)N(Cc2ccccc2)C1. The number of aliphatic imine (C=N–C) groups is 1. The van der Waals surface area contributed by atoms with Crippen molar-refractivity contribution < 1.29 is 4.74 Å². The van der Waals surface area contributed by atoms with E-state index in [-0.39, 0.29) is 0 Å². The largest absolute Gasteiger partial charge is 0.385 e. The average molecular weight is 318 g/mol. The number of ether oxygens (including phenoxy) is 1. The highest BCUT2D eigenvalue weighted by Crippen LogP contribution is 2.20. The van der Waals surface area contributed by atoms with Gasteiger partial charge in [0.1, 0.15) is 0 Å². The van der Waals surface area contributed by atoms with Crippen molar-refractivity contribution in [3.63, 3.8) is 0 Å². The molecule has 1 aromatic rings. The maximum atomic E-state index is 5.07. The van der Waals surface area contributed by atoms with Crippen molar-refractivity contribution in [2.24, 2.45) is 4.99 Å². The maximum Gasteiger partial charge on any atom is 0.191 e. The second-order valence-corrected chi connectivity index (χ2v) is 6.19. The molecule has 0 spiro atoms. The summed E-state index contributed by atoms with van der Waals surface area (Å²) in [5.41, 5.74) is 1.38. The molecule has 0 saturated carbocycles. The molecule has 0 aliphatic carbocycles. The zero-order chi connectivity index (χ0) is 16.5. The first-order chi connectivity index (χ1) is 11.2. The minimum atomic E-state index is 0.447. The lowest BCUT2D eigenvalue weighted by Crippen LogP contribution is -2.44. The molecule has 0 amide bonds. The highest BCUT2D eigenvalue weighted by Gasteiger charge is 2.29. The third kappa shape index (κ3) is 5.84. The second kappa shape index (κ2) is 9.53. The molecular formula is C18H30N4O. The Labute approximate surface area is 140 Å². The highest BCUT2D eigenvalue weighted by atomic mass is 16.5. The molecule has 0 bridgehead atoms. The molecule has 1 fully saturated rings. The fourth-order valence-corrected chi connectivity index (χ4v) is 3.05. The molecule has 2 N–H and O–H groups in total. The first-order valence-electron chi connectivity index (χ1n) is 8.47. The number of hydrogen-bond acceptors (Lipinski definition) is 3. The lowest BCUT2D eigenvalue weighted by atomic mass is 10.2. The lowest BCUT2D eigenvalue weighted by Gasteiger charge is -2.21. The van der Waals surface area contributed by atoms with Crippen LogP contribution in [0.25, 0.3) is 0 Å². The number of guanidine groups is 1. The van der Waals surface area contributed by atoms with Gasteiger partial charge in [-0.1, -0.05) is 30.3 Å². The monoisotopic (exact) mass is 318 g/mol.